The van der Waals surface area contributed by atoms with Gasteiger partial charge in [0.1, 0.15) is 0 Å². The van der Waals surface area contributed by atoms with Gasteiger partial charge in [0.15, 0.2) is 0 Å². The lowest BCUT2D eigenvalue weighted by Gasteiger charge is -2.30. The van der Waals surface area contributed by atoms with Gasteiger partial charge in [-0.15, -0.1) is 0 Å². The minimum absolute atomic E-state index is 0.304. The molecule has 84 valence electrons. The van der Waals surface area contributed by atoms with Crippen molar-refractivity contribution in [2.45, 2.75) is 58.0 Å². The number of aliphatic hydroxyl groups is 1. The third kappa shape index (κ3) is 3.97. The van der Waals surface area contributed by atoms with Crippen molar-refractivity contribution in [3.05, 3.63) is 0 Å². The van der Waals surface area contributed by atoms with Crippen LogP contribution in [0.3, 0.4) is 0 Å². The van der Waals surface area contributed by atoms with E-state index in [1.807, 2.05) is 0 Å². The highest BCUT2D eigenvalue weighted by atomic mass is 16.5. The first-order valence-corrected chi connectivity index (χ1v) is 6.11. The van der Waals surface area contributed by atoms with E-state index < -0.39 is 0 Å². The molecule has 1 N–H and O–H groups in total. The van der Waals surface area contributed by atoms with Gasteiger partial charge in [0.25, 0.3) is 0 Å². The summed E-state index contributed by atoms with van der Waals surface area (Å²) in [6, 6.07) is 0. The second-order valence-corrected chi connectivity index (χ2v) is 4.34. The smallest absolute Gasteiger partial charge is 0.0625 e. The summed E-state index contributed by atoms with van der Waals surface area (Å²) < 4.78 is 5.70. The van der Waals surface area contributed by atoms with E-state index in [1.54, 1.807) is 0 Å². The molecule has 2 heteroatoms. The Morgan fingerprint density at radius 2 is 2.14 bits per heavy atom. The van der Waals surface area contributed by atoms with E-state index in [0.717, 1.165) is 25.9 Å². The van der Waals surface area contributed by atoms with Crippen LogP contribution in [0.15, 0.2) is 0 Å². The normalized spacial score (nSPS) is 27.9. The number of rotatable bonds is 6. The Morgan fingerprint density at radius 3 is 2.86 bits per heavy atom. The van der Waals surface area contributed by atoms with E-state index in [9.17, 15) is 5.11 Å². The quantitative estimate of drug-likeness (QED) is 0.668. The predicted octanol–water partition coefficient (Wildman–Crippen LogP) is 2.74. The van der Waals surface area contributed by atoms with Crippen molar-refractivity contribution >= 4 is 0 Å². The van der Waals surface area contributed by atoms with Crippen LogP contribution in [0.5, 0.6) is 0 Å². The topological polar surface area (TPSA) is 29.5 Å². The summed E-state index contributed by atoms with van der Waals surface area (Å²) in [6.45, 7) is 3.43. The maximum absolute atomic E-state index is 9.18. The molecule has 2 atom stereocenters. The van der Waals surface area contributed by atoms with Gasteiger partial charge in [0, 0.05) is 19.1 Å². The second kappa shape index (κ2) is 7.24. The second-order valence-electron chi connectivity index (χ2n) is 4.34. The van der Waals surface area contributed by atoms with Crippen molar-refractivity contribution < 1.29 is 9.84 Å². The van der Waals surface area contributed by atoms with Gasteiger partial charge in [-0.1, -0.05) is 32.6 Å². The summed E-state index contributed by atoms with van der Waals surface area (Å²) in [4.78, 5) is 0. The number of hydrogen-bond donors (Lipinski definition) is 1. The number of aliphatic hydroxyl groups excluding tert-OH is 1. The average molecular weight is 200 g/mol. The van der Waals surface area contributed by atoms with Crippen LogP contribution in [-0.2, 0) is 4.74 Å². The molecular weight excluding hydrogens is 176 g/mol. The molecule has 0 saturated carbocycles. The molecular formula is C12H24O2. The third-order valence-corrected chi connectivity index (χ3v) is 3.15. The van der Waals surface area contributed by atoms with Crippen molar-refractivity contribution in [1.29, 1.82) is 0 Å². The minimum Gasteiger partial charge on any atom is -0.396 e. The molecule has 1 rings (SSSR count). The monoisotopic (exact) mass is 200 g/mol. The fourth-order valence-electron chi connectivity index (χ4n) is 2.20. The van der Waals surface area contributed by atoms with E-state index in [2.05, 4.69) is 6.92 Å². The van der Waals surface area contributed by atoms with Crippen molar-refractivity contribution in [3.8, 4) is 0 Å². The van der Waals surface area contributed by atoms with Gasteiger partial charge in [-0.05, 0) is 19.3 Å². The maximum Gasteiger partial charge on any atom is 0.0625 e. The van der Waals surface area contributed by atoms with Crippen LogP contribution < -0.4 is 0 Å². The van der Waals surface area contributed by atoms with Gasteiger partial charge in [-0.3, -0.25) is 0 Å². The van der Waals surface area contributed by atoms with E-state index in [0.29, 0.717) is 18.6 Å². The average Bonchev–Trinajstić information content (AvgIpc) is 2.25. The van der Waals surface area contributed by atoms with Gasteiger partial charge in [-0.2, -0.15) is 0 Å². The fraction of sp³-hybridized carbons (Fsp3) is 1.00. The Morgan fingerprint density at radius 1 is 1.29 bits per heavy atom. The largest absolute Gasteiger partial charge is 0.396 e. The van der Waals surface area contributed by atoms with Crippen molar-refractivity contribution in [1.82, 2.24) is 0 Å². The van der Waals surface area contributed by atoms with Gasteiger partial charge < -0.3 is 9.84 Å². The maximum atomic E-state index is 9.18. The standard InChI is InChI=1S/C12H24O2/c1-2-3-4-5-8-12-11(10-13)7-6-9-14-12/h11-13H,2-10H2,1H3/t11-,12-/m0/s1. The van der Waals surface area contributed by atoms with Crippen LogP contribution in [-0.4, -0.2) is 24.4 Å². The van der Waals surface area contributed by atoms with E-state index in [1.165, 1.54) is 25.7 Å². The molecule has 0 radical (unpaired) electrons. The van der Waals surface area contributed by atoms with Gasteiger partial charge in [-0.25, -0.2) is 0 Å². The molecule has 0 aliphatic carbocycles. The summed E-state index contributed by atoms with van der Waals surface area (Å²) in [6.07, 6.45) is 8.94. The van der Waals surface area contributed by atoms with Gasteiger partial charge >= 0.3 is 0 Å². The SMILES string of the molecule is CCCCCC[C@@H]1OCCC[C@H]1CO. The summed E-state index contributed by atoms with van der Waals surface area (Å²) in [5, 5.41) is 9.18. The Bertz CT molecular complexity index is 136. The zero-order chi connectivity index (χ0) is 10.2. The first kappa shape index (κ1) is 12.0. The lowest BCUT2D eigenvalue weighted by Crippen LogP contribution is -2.31. The third-order valence-electron chi connectivity index (χ3n) is 3.15. The molecule has 1 heterocycles. The first-order chi connectivity index (χ1) is 6.88. The number of ether oxygens (including phenoxy) is 1. The van der Waals surface area contributed by atoms with E-state index in [4.69, 9.17) is 4.74 Å². The van der Waals surface area contributed by atoms with Crippen LogP contribution in [0, 0.1) is 5.92 Å². The Labute approximate surface area is 87.7 Å². The molecule has 1 saturated heterocycles. The molecule has 2 nitrogen and oxygen atoms in total. The molecule has 0 aromatic carbocycles. The fourth-order valence-corrected chi connectivity index (χ4v) is 2.20. The van der Waals surface area contributed by atoms with Gasteiger partial charge in [0.05, 0.1) is 6.10 Å². The van der Waals surface area contributed by atoms with E-state index in [-0.39, 0.29) is 0 Å². The molecule has 0 unspecified atom stereocenters. The van der Waals surface area contributed by atoms with Crippen LogP contribution >= 0.6 is 0 Å². The summed E-state index contributed by atoms with van der Waals surface area (Å²) in [7, 11) is 0. The van der Waals surface area contributed by atoms with Crippen molar-refractivity contribution in [2.24, 2.45) is 5.92 Å². The summed E-state index contributed by atoms with van der Waals surface area (Å²) in [5.74, 6) is 0.408. The number of unbranched alkanes of at least 4 members (excludes halogenated alkanes) is 3. The van der Waals surface area contributed by atoms with Crippen molar-refractivity contribution in [2.75, 3.05) is 13.2 Å². The van der Waals surface area contributed by atoms with Crippen molar-refractivity contribution in [3.63, 3.8) is 0 Å². The van der Waals surface area contributed by atoms with E-state index >= 15 is 0 Å². The predicted molar refractivity (Wildman–Crippen MR) is 58.3 cm³/mol. The molecule has 0 amide bonds. The molecule has 0 spiro atoms. The Balaban J connectivity index is 2.13. The zero-order valence-corrected chi connectivity index (χ0v) is 9.37. The Kier molecular flexibility index (Phi) is 6.20. The molecule has 1 fully saturated rings. The highest BCUT2D eigenvalue weighted by molar-refractivity contribution is 4.73. The van der Waals surface area contributed by atoms with Crippen LogP contribution in [0.25, 0.3) is 0 Å². The summed E-state index contributed by atoms with van der Waals surface area (Å²) in [5.41, 5.74) is 0. The zero-order valence-electron chi connectivity index (χ0n) is 9.37. The highest BCUT2D eigenvalue weighted by Gasteiger charge is 2.24. The lowest BCUT2D eigenvalue weighted by atomic mass is 9.91. The van der Waals surface area contributed by atoms with Crippen LogP contribution in [0.2, 0.25) is 0 Å². The van der Waals surface area contributed by atoms with Crippen LogP contribution in [0.4, 0.5) is 0 Å². The minimum atomic E-state index is 0.304. The number of hydrogen-bond acceptors (Lipinski definition) is 2. The molecule has 1 aliphatic rings. The molecule has 0 aromatic heterocycles. The van der Waals surface area contributed by atoms with Gasteiger partial charge in [0.2, 0.25) is 0 Å². The van der Waals surface area contributed by atoms with Crippen LogP contribution in [0.1, 0.15) is 51.9 Å². The molecule has 0 bridgehead atoms. The lowest BCUT2D eigenvalue weighted by molar-refractivity contribution is -0.0484. The molecule has 14 heavy (non-hydrogen) atoms. The first-order valence-electron chi connectivity index (χ1n) is 6.11. The molecule has 1 aliphatic heterocycles. The Hall–Kier alpha value is -0.0800. The summed E-state index contributed by atoms with van der Waals surface area (Å²) >= 11 is 0. The highest BCUT2D eigenvalue weighted by Crippen LogP contribution is 2.24. The molecule has 0 aromatic rings.